The third kappa shape index (κ3) is 1.98. The van der Waals surface area contributed by atoms with E-state index in [1.807, 2.05) is 54.6 Å². The van der Waals surface area contributed by atoms with Gasteiger partial charge in [0.05, 0.1) is 27.8 Å². The van der Waals surface area contributed by atoms with Crippen molar-refractivity contribution in [3.05, 3.63) is 90.0 Å². The summed E-state index contributed by atoms with van der Waals surface area (Å²) >= 11 is 6.41. The van der Waals surface area contributed by atoms with Gasteiger partial charge in [0.1, 0.15) is 5.58 Å². The summed E-state index contributed by atoms with van der Waals surface area (Å²) in [5.41, 5.74) is 6.72. The van der Waals surface area contributed by atoms with Crippen LogP contribution in [-0.2, 0) is 0 Å². The van der Waals surface area contributed by atoms with E-state index in [0.29, 0.717) is 5.02 Å². The summed E-state index contributed by atoms with van der Waals surface area (Å²) < 4.78 is 10.6. The Morgan fingerprint density at radius 2 is 1.57 bits per heavy atom. The van der Waals surface area contributed by atoms with Crippen LogP contribution in [0.15, 0.2) is 89.3 Å². The molecule has 142 valence electrons. The molecule has 0 fully saturated rings. The maximum Gasteiger partial charge on any atom is 0.220 e. The van der Waals surface area contributed by atoms with Crippen molar-refractivity contribution in [2.45, 2.75) is 0 Å². The fraction of sp³-hybridized carbons (Fsp3) is 0. The predicted octanol–water partition coefficient (Wildman–Crippen LogP) is 6.98. The summed E-state index contributed by atoms with van der Waals surface area (Å²) in [6.45, 7) is 0. The lowest BCUT2D eigenvalue weighted by atomic mass is 10.1. The number of halogens is 1. The number of para-hydroxylation sites is 4. The Bertz CT molecular complexity index is 1770. The lowest BCUT2D eigenvalue weighted by molar-refractivity contribution is 0.666. The van der Waals surface area contributed by atoms with Gasteiger partial charge in [-0.05, 0) is 42.5 Å². The lowest BCUT2D eigenvalue weighted by Gasteiger charge is -2.06. The molecule has 0 bridgehead atoms. The van der Waals surface area contributed by atoms with Crippen molar-refractivity contribution in [3.8, 4) is 5.69 Å². The zero-order valence-electron chi connectivity index (χ0n) is 15.7. The molecule has 4 aromatic carbocycles. The smallest absolute Gasteiger partial charge is 0.220 e. The van der Waals surface area contributed by atoms with Crippen molar-refractivity contribution < 1.29 is 4.42 Å². The van der Waals surface area contributed by atoms with Gasteiger partial charge in [0.2, 0.25) is 5.78 Å². The van der Waals surface area contributed by atoms with Crippen LogP contribution in [0.25, 0.3) is 55.5 Å². The number of hydrogen-bond donors (Lipinski definition) is 0. The van der Waals surface area contributed by atoms with Crippen LogP contribution in [0.1, 0.15) is 0 Å². The van der Waals surface area contributed by atoms with E-state index in [4.69, 9.17) is 21.0 Å². The molecule has 0 amide bonds. The first-order valence-corrected chi connectivity index (χ1v) is 10.2. The fourth-order valence-electron chi connectivity index (χ4n) is 4.52. The van der Waals surface area contributed by atoms with Gasteiger partial charge in [0, 0.05) is 15.8 Å². The highest BCUT2D eigenvalue weighted by atomic mass is 35.5. The first kappa shape index (κ1) is 16.1. The van der Waals surface area contributed by atoms with Crippen LogP contribution in [0.3, 0.4) is 0 Å². The van der Waals surface area contributed by atoms with E-state index in [2.05, 4.69) is 39.3 Å². The third-order valence-electron chi connectivity index (χ3n) is 5.79. The van der Waals surface area contributed by atoms with Gasteiger partial charge in [-0.2, -0.15) is 0 Å². The predicted molar refractivity (Wildman–Crippen MR) is 122 cm³/mol. The van der Waals surface area contributed by atoms with Crippen LogP contribution in [0, 0.1) is 0 Å². The summed E-state index contributed by atoms with van der Waals surface area (Å²) in [4.78, 5) is 4.96. The Labute approximate surface area is 175 Å². The van der Waals surface area contributed by atoms with E-state index in [1.165, 1.54) is 0 Å². The molecule has 0 saturated carbocycles. The zero-order chi connectivity index (χ0) is 19.8. The molecule has 4 nitrogen and oxygen atoms in total. The minimum absolute atomic E-state index is 0.686. The van der Waals surface area contributed by atoms with E-state index < -0.39 is 0 Å². The summed E-state index contributed by atoms with van der Waals surface area (Å²) in [6.07, 6.45) is 0. The molecule has 0 spiro atoms. The second-order valence-corrected chi connectivity index (χ2v) is 7.89. The quantitative estimate of drug-likeness (QED) is 0.294. The van der Waals surface area contributed by atoms with Gasteiger partial charge < -0.3 is 4.42 Å². The van der Waals surface area contributed by atoms with E-state index >= 15 is 0 Å². The number of nitrogens with zero attached hydrogens (tertiary/aromatic N) is 3. The summed E-state index contributed by atoms with van der Waals surface area (Å²) in [5.74, 6) is 0.835. The summed E-state index contributed by atoms with van der Waals surface area (Å²) in [5, 5.41) is 2.88. The van der Waals surface area contributed by atoms with Crippen LogP contribution in [0.2, 0.25) is 5.02 Å². The summed E-state index contributed by atoms with van der Waals surface area (Å²) in [6, 6.07) is 28.5. The minimum Gasteiger partial charge on any atom is -0.454 e. The van der Waals surface area contributed by atoms with Crippen molar-refractivity contribution in [1.29, 1.82) is 0 Å². The number of imidazole rings is 2. The molecule has 0 unspecified atom stereocenters. The maximum absolute atomic E-state index is 6.41. The van der Waals surface area contributed by atoms with E-state index in [-0.39, 0.29) is 0 Å². The Balaban J connectivity index is 1.72. The molecular formula is C25H14ClN3O. The Morgan fingerprint density at radius 1 is 0.733 bits per heavy atom. The Hall–Kier alpha value is -3.76. The van der Waals surface area contributed by atoms with Crippen LogP contribution in [0.5, 0.6) is 0 Å². The average Bonchev–Trinajstić information content (AvgIpc) is 3.42. The molecule has 3 heterocycles. The average molecular weight is 408 g/mol. The first-order chi connectivity index (χ1) is 14.8. The van der Waals surface area contributed by atoms with E-state index in [0.717, 1.165) is 55.5 Å². The van der Waals surface area contributed by atoms with Crippen molar-refractivity contribution in [3.63, 3.8) is 0 Å². The molecule has 7 rings (SSSR count). The summed E-state index contributed by atoms with van der Waals surface area (Å²) in [7, 11) is 0. The van der Waals surface area contributed by atoms with Crippen molar-refractivity contribution >= 4 is 61.4 Å². The Kier molecular flexibility index (Phi) is 3.03. The normalized spacial score (nSPS) is 12.2. The monoisotopic (exact) mass is 407 g/mol. The Morgan fingerprint density at radius 3 is 2.53 bits per heavy atom. The standard InChI is InChI=1S/C25H14ClN3O/c26-15-12-13-20-22(14-15)29(25-27-18-8-2-3-9-19(18)28(20)25)21-10-5-7-17-16-6-1-4-11-23(16)30-24(17)21/h1-14H. The molecular weight excluding hydrogens is 394 g/mol. The van der Waals surface area contributed by atoms with Crippen molar-refractivity contribution in [1.82, 2.24) is 14.0 Å². The van der Waals surface area contributed by atoms with Crippen LogP contribution in [-0.4, -0.2) is 14.0 Å². The van der Waals surface area contributed by atoms with E-state index in [9.17, 15) is 0 Å². The number of rotatable bonds is 1. The second kappa shape index (κ2) is 5.65. The fourth-order valence-corrected chi connectivity index (χ4v) is 4.69. The maximum atomic E-state index is 6.41. The highest BCUT2D eigenvalue weighted by Gasteiger charge is 2.20. The SMILES string of the molecule is Clc1ccc2c(c1)n(-c1cccc3c1oc1ccccc13)c1nc3ccccc3n21. The molecule has 7 aromatic rings. The van der Waals surface area contributed by atoms with Gasteiger partial charge in [0.15, 0.2) is 5.58 Å². The molecule has 0 atom stereocenters. The molecule has 3 aromatic heterocycles. The second-order valence-electron chi connectivity index (χ2n) is 7.46. The molecule has 0 N–H and O–H groups in total. The zero-order valence-corrected chi connectivity index (χ0v) is 16.5. The van der Waals surface area contributed by atoms with E-state index in [1.54, 1.807) is 0 Å². The van der Waals surface area contributed by atoms with Crippen molar-refractivity contribution in [2.24, 2.45) is 0 Å². The third-order valence-corrected chi connectivity index (χ3v) is 6.02. The van der Waals surface area contributed by atoms with Gasteiger partial charge in [0.25, 0.3) is 0 Å². The van der Waals surface area contributed by atoms with Crippen LogP contribution < -0.4 is 0 Å². The number of furan rings is 1. The number of aromatic nitrogens is 3. The lowest BCUT2D eigenvalue weighted by Crippen LogP contribution is -1.95. The van der Waals surface area contributed by atoms with Crippen LogP contribution in [0.4, 0.5) is 0 Å². The molecule has 0 radical (unpaired) electrons. The minimum atomic E-state index is 0.686. The number of benzene rings is 4. The number of hydrogen-bond acceptors (Lipinski definition) is 2. The molecule has 5 heteroatoms. The molecule has 0 aliphatic rings. The van der Waals surface area contributed by atoms with Gasteiger partial charge in [-0.1, -0.05) is 54.1 Å². The van der Waals surface area contributed by atoms with Gasteiger partial charge in [-0.3, -0.25) is 8.97 Å². The topological polar surface area (TPSA) is 35.4 Å². The molecule has 0 aliphatic heterocycles. The number of fused-ring (bicyclic) bond motifs is 8. The highest BCUT2D eigenvalue weighted by molar-refractivity contribution is 6.31. The first-order valence-electron chi connectivity index (χ1n) is 9.77. The molecule has 30 heavy (non-hydrogen) atoms. The van der Waals surface area contributed by atoms with Gasteiger partial charge in [-0.25, -0.2) is 4.98 Å². The van der Waals surface area contributed by atoms with Gasteiger partial charge >= 0.3 is 0 Å². The van der Waals surface area contributed by atoms with Crippen molar-refractivity contribution in [2.75, 3.05) is 0 Å². The molecule has 0 saturated heterocycles. The van der Waals surface area contributed by atoms with Gasteiger partial charge in [-0.15, -0.1) is 0 Å². The van der Waals surface area contributed by atoms with Crippen LogP contribution >= 0.6 is 11.6 Å². The largest absolute Gasteiger partial charge is 0.454 e. The highest BCUT2D eigenvalue weighted by Crippen LogP contribution is 2.36. The molecule has 0 aliphatic carbocycles.